The van der Waals surface area contributed by atoms with E-state index in [9.17, 15) is 14.4 Å². The van der Waals surface area contributed by atoms with Crippen molar-refractivity contribution in [3.8, 4) is 0 Å². The van der Waals surface area contributed by atoms with Crippen LogP contribution in [0.3, 0.4) is 0 Å². The molecule has 0 heterocycles. The second-order valence-electron chi connectivity index (χ2n) is 5.09. The number of ether oxygens (including phenoxy) is 2. The quantitative estimate of drug-likeness (QED) is 0.541. The molecule has 0 saturated carbocycles. The molecule has 1 unspecified atom stereocenters. The molecule has 0 aliphatic carbocycles. The summed E-state index contributed by atoms with van der Waals surface area (Å²) in [5.74, 6) is -1.26. The van der Waals surface area contributed by atoms with Crippen LogP contribution in [0.25, 0.3) is 0 Å². The topological polar surface area (TPSA) is 76.2 Å². The fraction of sp³-hybridized carbons (Fsp3) is 0.643. The molecule has 0 spiro atoms. The normalized spacial score (nSPS) is 12.1. The minimum Gasteiger partial charge on any atom is -0.460 e. The average molecular weight is 300 g/mol. The first-order valence-corrected chi connectivity index (χ1v) is 6.64. The summed E-state index contributed by atoms with van der Waals surface area (Å²) in [4.78, 5) is 37.2. The molecule has 120 valence electrons. The number of urea groups is 1. The Hall–Kier alpha value is -2.05. The Labute approximate surface area is 125 Å². The molecule has 0 aliphatic heterocycles. The molecular formula is C14H24N2O5. The van der Waals surface area contributed by atoms with Gasteiger partial charge in [0.15, 0.2) is 0 Å². The van der Waals surface area contributed by atoms with E-state index in [0.717, 1.165) is 12.2 Å². The Morgan fingerprint density at radius 3 is 2.00 bits per heavy atom. The van der Waals surface area contributed by atoms with Crippen molar-refractivity contribution in [1.82, 2.24) is 9.80 Å². The zero-order chi connectivity index (χ0) is 16.6. The van der Waals surface area contributed by atoms with E-state index in [1.807, 2.05) is 0 Å². The number of rotatable bonds is 6. The van der Waals surface area contributed by atoms with Gasteiger partial charge in [-0.3, -0.25) is 0 Å². The number of carbonyl (C=O) groups is 3. The Kier molecular flexibility index (Phi) is 8.11. The molecule has 0 N–H and O–H groups in total. The summed E-state index contributed by atoms with van der Waals surface area (Å²) in [5.41, 5.74) is 0. The molecule has 0 bridgehead atoms. The Morgan fingerprint density at radius 2 is 1.52 bits per heavy atom. The summed E-state index contributed by atoms with van der Waals surface area (Å²) in [6.45, 7) is 5.22. The smallest absolute Gasteiger partial charge is 0.331 e. The van der Waals surface area contributed by atoms with E-state index in [1.54, 1.807) is 41.9 Å². The highest BCUT2D eigenvalue weighted by Crippen LogP contribution is 2.01. The molecule has 0 radical (unpaired) electrons. The number of amides is 2. The van der Waals surface area contributed by atoms with Crippen LogP contribution in [-0.2, 0) is 19.1 Å². The lowest BCUT2D eigenvalue weighted by atomic mass is 10.3. The van der Waals surface area contributed by atoms with Gasteiger partial charge in [0.2, 0.25) is 0 Å². The fourth-order valence-electron chi connectivity index (χ4n) is 1.27. The fourth-order valence-corrected chi connectivity index (χ4v) is 1.27. The van der Waals surface area contributed by atoms with Crippen LogP contribution in [-0.4, -0.2) is 67.7 Å². The molecule has 0 aromatic carbocycles. The molecule has 2 amide bonds. The van der Waals surface area contributed by atoms with Gasteiger partial charge in [-0.1, -0.05) is 0 Å². The highest BCUT2D eigenvalue weighted by Gasteiger charge is 2.18. The van der Waals surface area contributed by atoms with E-state index in [2.05, 4.69) is 0 Å². The maximum Gasteiger partial charge on any atom is 0.331 e. The Bertz CT molecular complexity index is 404. The molecule has 0 aromatic heterocycles. The minimum absolute atomic E-state index is 0.0402. The van der Waals surface area contributed by atoms with E-state index < -0.39 is 11.9 Å². The summed E-state index contributed by atoms with van der Waals surface area (Å²) in [5, 5.41) is 0. The van der Waals surface area contributed by atoms with E-state index in [-0.39, 0.29) is 24.8 Å². The number of carbonyl (C=O) groups excluding carboxylic acids is 3. The van der Waals surface area contributed by atoms with Gasteiger partial charge in [-0.2, -0.15) is 0 Å². The van der Waals surface area contributed by atoms with Crippen LogP contribution >= 0.6 is 0 Å². The molecule has 0 fully saturated rings. The predicted octanol–water partition coefficient (Wildman–Crippen LogP) is 1.04. The van der Waals surface area contributed by atoms with Crippen molar-refractivity contribution >= 4 is 18.0 Å². The third-order valence-corrected chi connectivity index (χ3v) is 2.52. The van der Waals surface area contributed by atoms with Crippen LogP contribution < -0.4 is 0 Å². The standard InChI is InChI=1S/C14H24N2O5/c1-10(2)21-13(18)8-7-12(17)20-9-11(3)16(6)14(19)15(4)5/h7-8,10-11H,9H2,1-6H3/b8-7+. The number of nitrogens with zero attached hydrogens (tertiary/aromatic N) is 2. The lowest BCUT2D eigenvalue weighted by Gasteiger charge is -2.27. The zero-order valence-electron chi connectivity index (χ0n) is 13.5. The third-order valence-electron chi connectivity index (χ3n) is 2.52. The first-order valence-electron chi connectivity index (χ1n) is 6.64. The maximum atomic E-state index is 11.7. The lowest BCUT2D eigenvalue weighted by molar-refractivity contribution is -0.143. The van der Waals surface area contributed by atoms with Gasteiger partial charge in [-0.15, -0.1) is 0 Å². The van der Waals surface area contributed by atoms with Crippen molar-refractivity contribution in [2.45, 2.75) is 32.9 Å². The summed E-state index contributed by atoms with van der Waals surface area (Å²) >= 11 is 0. The van der Waals surface area contributed by atoms with Gasteiger partial charge in [0.25, 0.3) is 0 Å². The Morgan fingerprint density at radius 1 is 1.00 bits per heavy atom. The van der Waals surface area contributed by atoms with Crippen molar-refractivity contribution in [3.05, 3.63) is 12.2 Å². The van der Waals surface area contributed by atoms with Crippen LogP contribution in [0, 0.1) is 0 Å². The van der Waals surface area contributed by atoms with Gasteiger partial charge in [-0.05, 0) is 20.8 Å². The summed E-state index contributed by atoms with van der Waals surface area (Å²) in [6, 6.07) is -0.463. The molecule has 0 aromatic rings. The molecule has 0 rings (SSSR count). The first kappa shape index (κ1) is 18.9. The largest absolute Gasteiger partial charge is 0.460 e. The van der Waals surface area contributed by atoms with Gasteiger partial charge in [0, 0.05) is 33.3 Å². The van der Waals surface area contributed by atoms with Crippen LogP contribution in [0.5, 0.6) is 0 Å². The van der Waals surface area contributed by atoms with Gasteiger partial charge in [-0.25, -0.2) is 14.4 Å². The molecular weight excluding hydrogens is 276 g/mol. The number of likely N-dealkylation sites (N-methyl/N-ethyl adjacent to an activating group) is 1. The van der Waals surface area contributed by atoms with Crippen LogP contribution in [0.2, 0.25) is 0 Å². The van der Waals surface area contributed by atoms with Crippen molar-refractivity contribution in [2.75, 3.05) is 27.7 Å². The molecule has 0 saturated heterocycles. The highest BCUT2D eigenvalue weighted by atomic mass is 16.5. The van der Waals surface area contributed by atoms with Crippen molar-refractivity contribution in [3.63, 3.8) is 0 Å². The van der Waals surface area contributed by atoms with Gasteiger partial charge < -0.3 is 19.3 Å². The molecule has 21 heavy (non-hydrogen) atoms. The molecule has 0 aliphatic rings. The molecule has 7 nitrogen and oxygen atoms in total. The van der Waals surface area contributed by atoms with E-state index in [0.29, 0.717) is 0 Å². The van der Waals surface area contributed by atoms with Crippen molar-refractivity contribution in [2.24, 2.45) is 0 Å². The van der Waals surface area contributed by atoms with E-state index >= 15 is 0 Å². The highest BCUT2D eigenvalue weighted by molar-refractivity contribution is 5.91. The summed E-state index contributed by atoms with van der Waals surface area (Å²) in [7, 11) is 4.90. The third kappa shape index (κ3) is 7.96. The second-order valence-corrected chi connectivity index (χ2v) is 5.09. The molecule has 1 atom stereocenters. The number of esters is 2. The SMILES string of the molecule is CC(C)OC(=O)/C=C/C(=O)OCC(C)N(C)C(=O)N(C)C. The van der Waals surface area contributed by atoms with Crippen LogP contribution in [0.4, 0.5) is 4.79 Å². The number of hydrogen-bond acceptors (Lipinski definition) is 5. The van der Waals surface area contributed by atoms with Crippen LogP contribution in [0.15, 0.2) is 12.2 Å². The summed E-state index contributed by atoms with van der Waals surface area (Å²) in [6.07, 6.45) is 1.77. The lowest BCUT2D eigenvalue weighted by Crippen LogP contribution is -2.43. The summed E-state index contributed by atoms with van der Waals surface area (Å²) < 4.78 is 9.79. The first-order chi connectivity index (χ1) is 9.65. The van der Waals surface area contributed by atoms with Crippen molar-refractivity contribution < 1.29 is 23.9 Å². The number of hydrogen-bond donors (Lipinski definition) is 0. The maximum absolute atomic E-state index is 11.7. The average Bonchev–Trinajstić information content (AvgIpc) is 2.39. The monoisotopic (exact) mass is 300 g/mol. The molecule has 7 heteroatoms. The Balaban J connectivity index is 4.22. The minimum atomic E-state index is -0.659. The second kappa shape index (κ2) is 8.99. The van der Waals surface area contributed by atoms with E-state index in [1.165, 1.54) is 9.80 Å². The van der Waals surface area contributed by atoms with Gasteiger partial charge >= 0.3 is 18.0 Å². The zero-order valence-corrected chi connectivity index (χ0v) is 13.5. The predicted molar refractivity (Wildman–Crippen MR) is 77.6 cm³/mol. The van der Waals surface area contributed by atoms with Crippen molar-refractivity contribution in [1.29, 1.82) is 0 Å². The van der Waals surface area contributed by atoms with Gasteiger partial charge in [0.05, 0.1) is 12.1 Å². The van der Waals surface area contributed by atoms with Gasteiger partial charge in [0.1, 0.15) is 6.61 Å². The van der Waals surface area contributed by atoms with E-state index in [4.69, 9.17) is 9.47 Å². The van der Waals surface area contributed by atoms with Crippen LogP contribution in [0.1, 0.15) is 20.8 Å².